The normalized spacial score (nSPS) is 11.0. The van der Waals surface area contributed by atoms with Crippen LogP contribution in [0.2, 0.25) is 5.02 Å². The maximum absolute atomic E-state index is 10.7. The Balaban J connectivity index is 2.30. The van der Waals surface area contributed by atoms with Crippen molar-refractivity contribution < 1.29 is 9.90 Å². The molecule has 5 nitrogen and oxygen atoms in total. The van der Waals surface area contributed by atoms with E-state index in [1.54, 1.807) is 29.1 Å². The average Bonchev–Trinajstić information content (AvgIpc) is 2.81. The van der Waals surface area contributed by atoms with E-state index < -0.39 is 5.97 Å². The van der Waals surface area contributed by atoms with E-state index in [0.29, 0.717) is 11.6 Å². The van der Waals surface area contributed by atoms with Gasteiger partial charge in [0.05, 0.1) is 16.9 Å². The number of carboxylic acid groups (broad SMARTS) is 1. The molecule has 0 atom stereocenters. The number of carbonyl (C=O) groups is 1. The van der Waals surface area contributed by atoms with Gasteiger partial charge < -0.3 is 10.0 Å². The Morgan fingerprint density at radius 1 is 1.52 bits per heavy atom. The van der Waals surface area contributed by atoms with Gasteiger partial charge in [0.25, 0.3) is 0 Å². The van der Waals surface area contributed by atoms with Crippen LogP contribution in [-0.2, 0) is 18.4 Å². The fraction of sp³-hybridized carbons (Fsp3) is 0.200. The molecule has 0 unspecified atom stereocenters. The summed E-state index contributed by atoms with van der Waals surface area (Å²) in [7, 11) is 3.77. The van der Waals surface area contributed by atoms with Gasteiger partial charge in [-0.2, -0.15) is 5.10 Å². The van der Waals surface area contributed by atoms with Gasteiger partial charge in [0.1, 0.15) is 0 Å². The van der Waals surface area contributed by atoms with Crippen molar-refractivity contribution in [3.63, 3.8) is 0 Å². The molecule has 0 fully saturated rings. The lowest BCUT2D eigenvalue weighted by atomic mass is 10.1. The first kappa shape index (κ1) is 15.1. The Bertz CT molecular complexity index is 679. The van der Waals surface area contributed by atoms with Crippen molar-refractivity contribution >= 4 is 29.3 Å². The third-order valence-corrected chi connectivity index (χ3v) is 3.29. The minimum absolute atomic E-state index is 0.578. The molecule has 2 rings (SSSR count). The van der Waals surface area contributed by atoms with Gasteiger partial charge in [-0.15, -0.1) is 0 Å². The lowest BCUT2D eigenvalue weighted by Gasteiger charge is -2.22. The third-order valence-electron chi connectivity index (χ3n) is 2.98. The fourth-order valence-electron chi connectivity index (χ4n) is 2.14. The zero-order valence-corrected chi connectivity index (χ0v) is 12.6. The Morgan fingerprint density at radius 2 is 2.29 bits per heavy atom. The molecule has 0 amide bonds. The zero-order chi connectivity index (χ0) is 15.4. The molecule has 0 bridgehead atoms. The summed E-state index contributed by atoms with van der Waals surface area (Å²) in [6.07, 6.45) is 6.37. The van der Waals surface area contributed by atoms with Crippen LogP contribution in [0.4, 0.5) is 5.69 Å². The van der Waals surface area contributed by atoms with Crippen molar-refractivity contribution in [3.05, 3.63) is 52.8 Å². The van der Waals surface area contributed by atoms with Crippen molar-refractivity contribution in [3.8, 4) is 0 Å². The molecule has 1 aromatic carbocycles. The predicted molar refractivity (Wildman–Crippen MR) is 83.4 cm³/mol. The number of aryl methyl sites for hydroxylation is 1. The first-order valence-electron chi connectivity index (χ1n) is 6.35. The number of anilines is 1. The number of halogens is 1. The van der Waals surface area contributed by atoms with E-state index in [0.717, 1.165) is 22.9 Å². The standard InChI is InChI=1S/C15H16ClN3O2/c1-18(9-11-8-17-19(2)10-11)15-12(6-7-14(20)21)4-3-5-13(15)16/h3-8,10H,9H2,1-2H3,(H,20,21)/b7-6+. The summed E-state index contributed by atoms with van der Waals surface area (Å²) in [6, 6.07) is 5.42. The second-order valence-corrected chi connectivity index (χ2v) is 5.13. The van der Waals surface area contributed by atoms with Crippen LogP contribution in [0.1, 0.15) is 11.1 Å². The van der Waals surface area contributed by atoms with Gasteiger partial charge in [-0.3, -0.25) is 4.68 Å². The summed E-state index contributed by atoms with van der Waals surface area (Å²) >= 11 is 6.27. The number of aromatic nitrogens is 2. The van der Waals surface area contributed by atoms with E-state index >= 15 is 0 Å². The summed E-state index contributed by atoms with van der Waals surface area (Å²) in [4.78, 5) is 12.7. The lowest BCUT2D eigenvalue weighted by Crippen LogP contribution is -2.17. The highest BCUT2D eigenvalue weighted by atomic mass is 35.5. The predicted octanol–water partition coefficient (Wildman–Crippen LogP) is 2.81. The van der Waals surface area contributed by atoms with Gasteiger partial charge in [-0.1, -0.05) is 23.7 Å². The van der Waals surface area contributed by atoms with Crippen LogP contribution in [0.3, 0.4) is 0 Å². The molecule has 0 radical (unpaired) electrons. The summed E-state index contributed by atoms with van der Waals surface area (Å²) in [6.45, 7) is 0.630. The van der Waals surface area contributed by atoms with Crippen LogP contribution in [-0.4, -0.2) is 27.9 Å². The second-order valence-electron chi connectivity index (χ2n) is 4.73. The molecule has 6 heteroatoms. The van der Waals surface area contributed by atoms with Crippen molar-refractivity contribution in [2.75, 3.05) is 11.9 Å². The molecular formula is C15H16ClN3O2. The van der Waals surface area contributed by atoms with Crippen LogP contribution < -0.4 is 4.90 Å². The molecule has 1 heterocycles. The van der Waals surface area contributed by atoms with Crippen LogP contribution >= 0.6 is 11.6 Å². The van der Waals surface area contributed by atoms with E-state index in [2.05, 4.69) is 5.10 Å². The second kappa shape index (κ2) is 6.45. The smallest absolute Gasteiger partial charge is 0.328 e. The number of aliphatic carboxylic acids is 1. The Morgan fingerprint density at radius 3 is 2.90 bits per heavy atom. The van der Waals surface area contributed by atoms with Crippen LogP contribution in [0.15, 0.2) is 36.7 Å². The van der Waals surface area contributed by atoms with Gasteiger partial charge in [0.15, 0.2) is 0 Å². The van der Waals surface area contributed by atoms with Gasteiger partial charge in [0.2, 0.25) is 0 Å². The quantitative estimate of drug-likeness (QED) is 0.863. The molecule has 2 aromatic rings. The number of benzene rings is 1. The van der Waals surface area contributed by atoms with Crippen LogP contribution in [0.25, 0.3) is 6.08 Å². The summed E-state index contributed by atoms with van der Waals surface area (Å²) in [5.74, 6) is -0.990. The molecular weight excluding hydrogens is 290 g/mol. The van der Waals surface area contributed by atoms with Crippen molar-refractivity contribution in [2.24, 2.45) is 7.05 Å². The first-order valence-corrected chi connectivity index (χ1v) is 6.73. The van der Waals surface area contributed by atoms with Gasteiger partial charge >= 0.3 is 5.97 Å². The molecule has 21 heavy (non-hydrogen) atoms. The molecule has 1 aromatic heterocycles. The molecule has 1 N–H and O–H groups in total. The van der Waals surface area contributed by atoms with Crippen LogP contribution in [0.5, 0.6) is 0 Å². The number of hydrogen-bond donors (Lipinski definition) is 1. The highest BCUT2D eigenvalue weighted by Crippen LogP contribution is 2.31. The van der Waals surface area contributed by atoms with Gasteiger partial charge in [-0.05, 0) is 17.7 Å². The van der Waals surface area contributed by atoms with E-state index in [9.17, 15) is 4.79 Å². The molecule has 0 aliphatic heterocycles. The number of hydrogen-bond acceptors (Lipinski definition) is 3. The van der Waals surface area contributed by atoms with Crippen LogP contribution in [0, 0.1) is 0 Å². The molecule has 0 saturated heterocycles. The summed E-state index contributed by atoms with van der Waals surface area (Å²) in [5.41, 5.74) is 2.60. The monoisotopic (exact) mass is 305 g/mol. The molecule has 0 spiro atoms. The minimum Gasteiger partial charge on any atom is -0.478 e. The van der Waals surface area contributed by atoms with Crippen molar-refractivity contribution in [1.82, 2.24) is 9.78 Å². The highest BCUT2D eigenvalue weighted by Gasteiger charge is 2.11. The van der Waals surface area contributed by atoms with Gasteiger partial charge in [-0.25, -0.2) is 4.79 Å². The Hall–Kier alpha value is -2.27. The van der Waals surface area contributed by atoms with E-state index in [-0.39, 0.29) is 0 Å². The maximum atomic E-state index is 10.7. The third kappa shape index (κ3) is 3.86. The number of nitrogens with zero attached hydrogens (tertiary/aromatic N) is 3. The first-order chi connectivity index (χ1) is 9.97. The Kier molecular flexibility index (Phi) is 4.65. The zero-order valence-electron chi connectivity index (χ0n) is 11.8. The van der Waals surface area contributed by atoms with E-state index in [1.807, 2.05) is 31.3 Å². The SMILES string of the molecule is CN(Cc1cnn(C)c1)c1c(Cl)cccc1/C=C/C(=O)O. The maximum Gasteiger partial charge on any atom is 0.328 e. The largest absolute Gasteiger partial charge is 0.478 e. The van der Waals surface area contributed by atoms with E-state index in [1.165, 1.54) is 0 Å². The summed E-state index contributed by atoms with van der Waals surface area (Å²) < 4.78 is 1.74. The molecule has 110 valence electrons. The van der Waals surface area contributed by atoms with Gasteiger partial charge in [0, 0.05) is 38.5 Å². The number of carboxylic acids is 1. The Labute approximate surface area is 128 Å². The van der Waals surface area contributed by atoms with Crippen molar-refractivity contribution in [1.29, 1.82) is 0 Å². The topological polar surface area (TPSA) is 58.4 Å². The van der Waals surface area contributed by atoms with Crippen molar-refractivity contribution in [2.45, 2.75) is 6.54 Å². The van der Waals surface area contributed by atoms with E-state index in [4.69, 9.17) is 16.7 Å². The molecule has 0 aliphatic rings. The highest BCUT2D eigenvalue weighted by molar-refractivity contribution is 6.33. The summed E-state index contributed by atoms with van der Waals surface area (Å²) in [5, 5.41) is 13.5. The average molecular weight is 306 g/mol. The molecule has 0 saturated carbocycles. The fourth-order valence-corrected chi connectivity index (χ4v) is 2.46. The minimum atomic E-state index is -0.990. The number of rotatable bonds is 5. The number of para-hydroxylation sites is 1. The lowest BCUT2D eigenvalue weighted by molar-refractivity contribution is -0.131. The molecule has 0 aliphatic carbocycles.